The molecule has 0 aromatic heterocycles. The minimum absolute atomic E-state index is 0.228. The van der Waals surface area contributed by atoms with Crippen molar-refractivity contribution in [2.45, 2.75) is 6.42 Å². The third-order valence-corrected chi connectivity index (χ3v) is 4.61. The number of benzene rings is 3. The highest BCUT2D eigenvalue weighted by atomic mass is 79.9. The summed E-state index contributed by atoms with van der Waals surface area (Å²) in [6.07, 6.45) is 0.833. The maximum atomic E-state index is 12.3. The fourth-order valence-electron chi connectivity index (χ4n) is 2.56. The van der Waals surface area contributed by atoms with Crippen LogP contribution in [-0.2, 0) is 6.42 Å². The molecule has 0 bridgehead atoms. The van der Waals surface area contributed by atoms with Crippen LogP contribution in [0.3, 0.4) is 0 Å². The lowest BCUT2D eigenvalue weighted by Gasteiger charge is -2.12. The fraction of sp³-hybridized carbons (Fsp3) is 0.0909. The highest BCUT2D eigenvalue weighted by molar-refractivity contribution is 9.10. The van der Waals surface area contributed by atoms with E-state index < -0.39 is 0 Å². The Hall–Kier alpha value is -2.70. The van der Waals surface area contributed by atoms with Crippen molar-refractivity contribution in [3.63, 3.8) is 0 Å². The number of ether oxygens (including phenoxy) is 1. The summed E-state index contributed by atoms with van der Waals surface area (Å²) in [4.78, 5) is 12.3. The van der Waals surface area contributed by atoms with Gasteiger partial charge in [0.15, 0.2) is 5.11 Å². The van der Waals surface area contributed by atoms with Crippen LogP contribution in [0.15, 0.2) is 83.3 Å². The quantitative estimate of drug-likeness (QED) is 0.502. The molecule has 0 atom stereocenters. The summed E-state index contributed by atoms with van der Waals surface area (Å²) in [6.45, 7) is 0.581. The van der Waals surface area contributed by atoms with Crippen LogP contribution >= 0.6 is 28.1 Å². The van der Waals surface area contributed by atoms with Gasteiger partial charge in [-0.1, -0.05) is 58.4 Å². The predicted octanol–water partition coefficient (Wildman–Crippen LogP) is 5.20. The molecule has 28 heavy (non-hydrogen) atoms. The van der Waals surface area contributed by atoms with Crippen molar-refractivity contribution in [3.8, 4) is 5.75 Å². The molecule has 142 valence electrons. The second kappa shape index (κ2) is 10.0. The number of thiocarbonyl (C=S) groups is 1. The van der Waals surface area contributed by atoms with E-state index in [0.717, 1.165) is 22.3 Å². The highest BCUT2D eigenvalue weighted by Gasteiger charge is 2.08. The first kappa shape index (κ1) is 20.0. The van der Waals surface area contributed by atoms with Crippen LogP contribution in [-0.4, -0.2) is 17.6 Å². The molecule has 2 N–H and O–H groups in total. The lowest BCUT2D eigenvalue weighted by atomic mass is 10.2. The second-order valence-corrected chi connectivity index (χ2v) is 7.35. The summed E-state index contributed by atoms with van der Waals surface area (Å²) in [5.41, 5.74) is 2.50. The van der Waals surface area contributed by atoms with Gasteiger partial charge in [-0.05, 0) is 48.1 Å². The number of amides is 1. The molecular formula is C22H19BrN2O2S. The van der Waals surface area contributed by atoms with E-state index in [1.165, 1.54) is 5.56 Å². The number of rotatable bonds is 6. The minimum Gasteiger partial charge on any atom is -0.493 e. The average molecular weight is 455 g/mol. The van der Waals surface area contributed by atoms with Gasteiger partial charge in [-0.2, -0.15) is 0 Å². The third kappa shape index (κ3) is 6.18. The van der Waals surface area contributed by atoms with Crippen LogP contribution in [0.2, 0.25) is 0 Å². The first-order chi connectivity index (χ1) is 13.6. The van der Waals surface area contributed by atoms with Gasteiger partial charge < -0.3 is 10.1 Å². The van der Waals surface area contributed by atoms with Crippen molar-refractivity contribution in [1.82, 2.24) is 5.32 Å². The molecule has 0 aliphatic heterocycles. The summed E-state index contributed by atoms with van der Waals surface area (Å²) in [6, 6.07) is 24.8. The maximum absolute atomic E-state index is 12.3. The molecule has 0 heterocycles. The lowest BCUT2D eigenvalue weighted by Crippen LogP contribution is -2.34. The van der Waals surface area contributed by atoms with E-state index in [2.05, 4.69) is 38.7 Å². The molecular weight excluding hydrogens is 436 g/mol. The Balaban J connectivity index is 1.52. The monoisotopic (exact) mass is 454 g/mol. The van der Waals surface area contributed by atoms with E-state index >= 15 is 0 Å². The van der Waals surface area contributed by atoms with Gasteiger partial charge in [-0.3, -0.25) is 10.1 Å². The van der Waals surface area contributed by atoms with Crippen molar-refractivity contribution in [1.29, 1.82) is 0 Å². The van der Waals surface area contributed by atoms with Crippen LogP contribution in [0, 0.1) is 0 Å². The second-order valence-electron chi connectivity index (χ2n) is 6.03. The highest BCUT2D eigenvalue weighted by Crippen LogP contribution is 2.18. The smallest absolute Gasteiger partial charge is 0.257 e. The number of carbonyl (C=O) groups excluding carboxylic acids is 1. The maximum Gasteiger partial charge on any atom is 0.257 e. The first-order valence-corrected chi connectivity index (χ1v) is 9.95. The molecule has 0 radical (unpaired) electrons. The first-order valence-electron chi connectivity index (χ1n) is 8.75. The van der Waals surface area contributed by atoms with E-state index in [9.17, 15) is 4.79 Å². The molecule has 3 rings (SSSR count). The number of halogens is 1. The Morgan fingerprint density at radius 3 is 2.54 bits per heavy atom. The number of carbonyl (C=O) groups is 1. The topological polar surface area (TPSA) is 50.4 Å². The largest absolute Gasteiger partial charge is 0.493 e. The SMILES string of the molecule is O=C(NC(=S)Nc1cccc(OCCc2ccccc2)c1)c1cccc(Br)c1. The summed E-state index contributed by atoms with van der Waals surface area (Å²) < 4.78 is 6.65. The average Bonchev–Trinajstić information content (AvgIpc) is 2.69. The van der Waals surface area contributed by atoms with Gasteiger partial charge in [0.2, 0.25) is 0 Å². The molecule has 0 saturated heterocycles. The van der Waals surface area contributed by atoms with E-state index in [1.54, 1.807) is 18.2 Å². The lowest BCUT2D eigenvalue weighted by molar-refractivity contribution is 0.0977. The van der Waals surface area contributed by atoms with E-state index in [4.69, 9.17) is 17.0 Å². The van der Waals surface area contributed by atoms with Gasteiger partial charge in [0, 0.05) is 28.2 Å². The van der Waals surface area contributed by atoms with Gasteiger partial charge in [-0.25, -0.2) is 0 Å². The normalized spacial score (nSPS) is 10.2. The number of hydrogen-bond donors (Lipinski definition) is 2. The van der Waals surface area contributed by atoms with Crippen LogP contribution in [0.5, 0.6) is 5.75 Å². The summed E-state index contributed by atoms with van der Waals surface area (Å²) in [5, 5.41) is 5.92. The van der Waals surface area contributed by atoms with E-state index in [1.807, 2.05) is 48.5 Å². The minimum atomic E-state index is -0.269. The Morgan fingerprint density at radius 2 is 1.75 bits per heavy atom. The van der Waals surface area contributed by atoms with Gasteiger partial charge >= 0.3 is 0 Å². The standard InChI is InChI=1S/C22H19BrN2O2S/c23-18-9-4-8-17(14-18)21(26)25-22(28)24-19-10-5-11-20(15-19)27-13-12-16-6-2-1-3-7-16/h1-11,14-15H,12-13H2,(H2,24,25,26,28). The van der Waals surface area contributed by atoms with Gasteiger partial charge in [0.25, 0.3) is 5.91 Å². The van der Waals surface area contributed by atoms with Gasteiger partial charge in [-0.15, -0.1) is 0 Å². The van der Waals surface area contributed by atoms with Crippen molar-refractivity contribution >= 4 is 44.9 Å². The molecule has 1 amide bonds. The third-order valence-electron chi connectivity index (χ3n) is 3.91. The molecule has 3 aromatic carbocycles. The molecule has 0 unspecified atom stereocenters. The van der Waals surface area contributed by atoms with Crippen molar-refractivity contribution in [2.75, 3.05) is 11.9 Å². The van der Waals surface area contributed by atoms with Crippen molar-refractivity contribution in [2.24, 2.45) is 0 Å². The van der Waals surface area contributed by atoms with E-state index in [0.29, 0.717) is 12.2 Å². The predicted molar refractivity (Wildman–Crippen MR) is 120 cm³/mol. The van der Waals surface area contributed by atoms with Crippen LogP contribution in [0.4, 0.5) is 5.69 Å². The Bertz CT molecular complexity index is 964. The van der Waals surface area contributed by atoms with Crippen molar-refractivity contribution < 1.29 is 9.53 Å². The summed E-state index contributed by atoms with van der Waals surface area (Å²) in [7, 11) is 0. The summed E-state index contributed by atoms with van der Waals surface area (Å²) in [5.74, 6) is 0.469. The van der Waals surface area contributed by atoms with Gasteiger partial charge in [0.1, 0.15) is 5.75 Å². The molecule has 6 heteroatoms. The molecule has 0 saturated carbocycles. The molecule has 0 fully saturated rings. The van der Waals surface area contributed by atoms with Crippen LogP contribution in [0.1, 0.15) is 15.9 Å². The zero-order valence-electron chi connectivity index (χ0n) is 15.0. The van der Waals surface area contributed by atoms with Crippen LogP contribution < -0.4 is 15.4 Å². The Morgan fingerprint density at radius 1 is 0.964 bits per heavy atom. The Labute approximate surface area is 178 Å². The number of hydrogen-bond acceptors (Lipinski definition) is 3. The summed E-state index contributed by atoms with van der Waals surface area (Å²) >= 11 is 8.60. The van der Waals surface area contributed by atoms with Crippen LogP contribution in [0.25, 0.3) is 0 Å². The zero-order valence-corrected chi connectivity index (χ0v) is 17.4. The van der Waals surface area contributed by atoms with E-state index in [-0.39, 0.29) is 11.0 Å². The number of nitrogens with one attached hydrogen (secondary N) is 2. The zero-order chi connectivity index (χ0) is 19.8. The Kier molecular flexibility index (Phi) is 7.17. The van der Waals surface area contributed by atoms with Crippen molar-refractivity contribution in [3.05, 3.63) is 94.5 Å². The molecule has 3 aromatic rings. The number of anilines is 1. The molecule has 4 nitrogen and oxygen atoms in total. The molecule has 0 spiro atoms. The molecule has 0 aliphatic carbocycles. The fourth-order valence-corrected chi connectivity index (χ4v) is 3.17. The molecule has 0 aliphatic rings. The van der Waals surface area contributed by atoms with Gasteiger partial charge in [0.05, 0.1) is 6.61 Å².